The first-order chi connectivity index (χ1) is 6.79. The number of nitrogen functional groups attached to an aromatic ring is 1. The van der Waals surface area contributed by atoms with Crippen molar-refractivity contribution in [3.8, 4) is 0 Å². The number of hydrogen-bond acceptors (Lipinski definition) is 3. The molecule has 74 valence electrons. The molecule has 2 rings (SSSR count). The van der Waals surface area contributed by atoms with Gasteiger partial charge in [0.15, 0.2) is 11.5 Å². The molecule has 3 nitrogen and oxygen atoms in total. The summed E-state index contributed by atoms with van der Waals surface area (Å²) < 4.78 is 5.54. The number of aryl methyl sites for hydroxylation is 1. The maximum absolute atomic E-state index is 5.64. The Labute approximate surface area is 90.4 Å². The van der Waals surface area contributed by atoms with Gasteiger partial charge in [-0.05, 0) is 18.6 Å². The molecule has 0 radical (unpaired) electrons. The molecule has 4 heteroatoms. The Hall–Kier alpha value is -1.03. The van der Waals surface area contributed by atoms with Gasteiger partial charge in [0.1, 0.15) is 5.52 Å². The fourth-order valence-electron chi connectivity index (χ4n) is 1.31. The van der Waals surface area contributed by atoms with Crippen molar-refractivity contribution in [1.29, 1.82) is 0 Å². The highest BCUT2D eigenvalue weighted by Gasteiger charge is 2.04. The Kier molecular flexibility index (Phi) is 2.72. The third kappa shape index (κ3) is 1.90. The molecule has 0 saturated carbocycles. The molecule has 0 spiro atoms. The van der Waals surface area contributed by atoms with E-state index in [0.29, 0.717) is 5.69 Å². The minimum absolute atomic E-state index is 0.709. The van der Waals surface area contributed by atoms with E-state index in [1.54, 1.807) is 6.07 Å². The lowest BCUT2D eigenvalue weighted by atomic mass is 10.3. The Morgan fingerprint density at radius 1 is 1.43 bits per heavy atom. The summed E-state index contributed by atoms with van der Waals surface area (Å²) >= 11 is 3.37. The van der Waals surface area contributed by atoms with E-state index in [-0.39, 0.29) is 0 Å². The zero-order chi connectivity index (χ0) is 9.97. The first kappa shape index (κ1) is 9.52. The van der Waals surface area contributed by atoms with Crippen LogP contribution in [0.3, 0.4) is 0 Å². The summed E-state index contributed by atoms with van der Waals surface area (Å²) in [6, 6.07) is 5.52. The number of halogens is 1. The molecule has 0 amide bonds. The second-order valence-electron chi connectivity index (χ2n) is 3.13. The van der Waals surface area contributed by atoms with Crippen LogP contribution in [0.1, 0.15) is 12.3 Å². The van der Waals surface area contributed by atoms with Crippen LogP contribution in [0, 0.1) is 0 Å². The van der Waals surface area contributed by atoms with Crippen molar-refractivity contribution in [2.45, 2.75) is 12.8 Å². The van der Waals surface area contributed by atoms with Gasteiger partial charge in [-0.2, -0.15) is 0 Å². The van der Waals surface area contributed by atoms with Gasteiger partial charge in [0.05, 0.1) is 0 Å². The van der Waals surface area contributed by atoms with Crippen molar-refractivity contribution in [2.24, 2.45) is 0 Å². The van der Waals surface area contributed by atoms with Crippen LogP contribution >= 0.6 is 15.9 Å². The van der Waals surface area contributed by atoms with E-state index in [1.807, 2.05) is 12.1 Å². The van der Waals surface area contributed by atoms with Crippen molar-refractivity contribution in [2.75, 3.05) is 11.1 Å². The van der Waals surface area contributed by atoms with Crippen LogP contribution in [0.5, 0.6) is 0 Å². The summed E-state index contributed by atoms with van der Waals surface area (Å²) in [6.07, 6.45) is 1.89. The average Bonchev–Trinajstić information content (AvgIpc) is 2.56. The molecule has 2 aromatic rings. The van der Waals surface area contributed by atoms with E-state index >= 15 is 0 Å². The van der Waals surface area contributed by atoms with Crippen molar-refractivity contribution >= 4 is 32.7 Å². The number of benzene rings is 1. The number of alkyl halides is 1. The van der Waals surface area contributed by atoms with E-state index in [9.17, 15) is 0 Å². The van der Waals surface area contributed by atoms with Crippen LogP contribution in [0.4, 0.5) is 5.69 Å². The van der Waals surface area contributed by atoms with E-state index in [1.165, 1.54) is 0 Å². The molecular formula is C10H11BrN2O. The quantitative estimate of drug-likeness (QED) is 0.677. The number of anilines is 1. The largest absolute Gasteiger partial charge is 0.441 e. The summed E-state index contributed by atoms with van der Waals surface area (Å²) in [4.78, 5) is 4.35. The van der Waals surface area contributed by atoms with Crippen LogP contribution in [0.2, 0.25) is 0 Å². The summed E-state index contributed by atoms with van der Waals surface area (Å²) in [7, 11) is 0. The Morgan fingerprint density at radius 3 is 3.07 bits per heavy atom. The fourth-order valence-corrected chi connectivity index (χ4v) is 1.59. The van der Waals surface area contributed by atoms with Crippen LogP contribution < -0.4 is 5.73 Å². The van der Waals surface area contributed by atoms with Crippen molar-refractivity contribution in [3.05, 3.63) is 24.1 Å². The van der Waals surface area contributed by atoms with E-state index in [2.05, 4.69) is 20.9 Å². The molecular weight excluding hydrogens is 244 g/mol. The monoisotopic (exact) mass is 254 g/mol. The Balaban J connectivity index is 2.32. The van der Waals surface area contributed by atoms with Gasteiger partial charge in [-0.3, -0.25) is 0 Å². The molecule has 14 heavy (non-hydrogen) atoms. The molecule has 0 saturated heterocycles. The first-order valence-electron chi connectivity index (χ1n) is 4.50. The molecule has 0 atom stereocenters. The van der Waals surface area contributed by atoms with Crippen LogP contribution in [-0.2, 0) is 6.42 Å². The van der Waals surface area contributed by atoms with Crippen molar-refractivity contribution in [1.82, 2.24) is 4.98 Å². The van der Waals surface area contributed by atoms with E-state index in [4.69, 9.17) is 10.2 Å². The number of nitrogens with two attached hydrogens (primary N) is 1. The predicted molar refractivity (Wildman–Crippen MR) is 60.5 cm³/mol. The summed E-state index contributed by atoms with van der Waals surface area (Å²) in [5, 5.41) is 0.966. The number of hydrogen-bond donors (Lipinski definition) is 1. The molecule has 0 aliphatic carbocycles. The zero-order valence-corrected chi connectivity index (χ0v) is 9.25. The number of aromatic nitrogens is 1. The lowest BCUT2D eigenvalue weighted by Gasteiger charge is -1.89. The minimum Gasteiger partial charge on any atom is -0.441 e. The minimum atomic E-state index is 0.709. The number of rotatable bonds is 3. The normalized spacial score (nSPS) is 10.9. The van der Waals surface area contributed by atoms with Crippen LogP contribution in [0.25, 0.3) is 11.1 Å². The molecule has 2 N–H and O–H groups in total. The SMILES string of the molecule is Nc1ccc2nc(CCCBr)oc2c1. The van der Waals surface area contributed by atoms with Gasteiger partial charge in [-0.1, -0.05) is 15.9 Å². The Morgan fingerprint density at radius 2 is 2.29 bits per heavy atom. The standard InChI is InChI=1S/C10H11BrN2O/c11-5-1-2-10-13-8-4-3-7(12)6-9(8)14-10/h3-4,6H,1-2,5,12H2. The molecule has 0 aliphatic heterocycles. The molecule has 1 aromatic heterocycles. The van der Waals surface area contributed by atoms with Crippen molar-refractivity contribution in [3.63, 3.8) is 0 Å². The molecule has 1 aromatic carbocycles. The zero-order valence-electron chi connectivity index (χ0n) is 7.66. The maximum atomic E-state index is 5.64. The molecule has 0 fully saturated rings. The lowest BCUT2D eigenvalue weighted by Crippen LogP contribution is -1.84. The molecule has 0 bridgehead atoms. The summed E-state index contributed by atoms with van der Waals surface area (Å²) in [5.74, 6) is 0.782. The van der Waals surface area contributed by atoms with E-state index < -0.39 is 0 Å². The smallest absolute Gasteiger partial charge is 0.195 e. The molecule has 0 unspecified atom stereocenters. The number of nitrogens with zero attached hydrogens (tertiary/aromatic N) is 1. The van der Waals surface area contributed by atoms with E-state index in [0.717, 1.165) is 35.2 Å². The highest BCUT2D eigenvalue weighted by atomic mass is 79.9. The van der Waals surface area contributed by atoms with Gasteiger partial charge in [-0.25, -0.2) is 4.98 Å². The highest BCUT2D eigenvalue weighted by molar-refractivity contribution is 9.09. The van der Waals surface area contributed by atoms with Gasteiger partial charge in [0.25, 0.3) is 0 Å². The van der Waals surface area contributed by atoms with Crippen molar-refractivity contribution < 1.29 is 4.42 Å². The molecule has 1 heterocycles. The van der Waals surface area contributed by atoms with Gasteiger partial charge in [0.2, 0.25) is 0 Å². The Bertz CT molecular complexity index is 439. The second kappa shape index (κ2) is 4.00. The lowest BCUT2D eigenvalue weighted by molar-refractivity contribution is 0.526. The van der Waals surface area contributed by atoms with Gasteiger partial charge in [0, 0.05) is 23.5 Å². The summed E-state index contributed by atoms with van der Waals surface area (Å²) in [6.45, 7) is 0. The highest BCUT2D eigenvalue weighted by Crippen LogP contribution is 2.19. The number of oxazole rings is 1. The van der Waals surface area contributed by atoms with Crippen LogP contribution in [0.15, 0.2) is 22.6 Å². The third-order valence-corrected chi connectivity index (χ3v) is 2.54. The second-order valence-corrected chi connectivity index (χ2v) is 3.92. The number of fused-ring (bicyclic) bond motifs is 1. The molecule has 0 aliphatic rings. The average molecular weight is 255 g/mol. The third-order valence-electron chi connectivity index (χ3n) is 1.98. The van der Waals surface area contributed by atoms with Gasteiger partial charge in [-0.15, -0.1) is 0 Å². The topological polar surface area (TPSA) is 52.0 Å². The fraction of sp³-hybridized carbons (Fsp3) is 0.300. The predicted octanol–water partition coefficient (Wildman–Crippen LogP) is 2.74. The maximum Gasteiger partial charge on any atom is 0.195 e. The first-order valence-corrected chi connectivity index (χ1v) is 5.62. The van der Waals surface area contributed by atoms with Crippen LogP contribution in [-0.4, -0.2) is 10.3 Å². The summed E-state index contributed by atoms with van der Waals surface area (Å²) in [5.41, 5.74) is 8.00. The van der Waals surface area contributed by atoms with Gasteiger partial charge < -0.3 is 10.2 Å². The van der Waals surface area contributed by atoms with Gasteiger partial charge >= 0.3 is 0 Å².